The highest BCUT2D eigenvalue weighted by Gasteiger charge is 2.36. The number of rotatable bonds is 20. The van der Waals surface area contributed by atoms with Crippen LogP contribution in [0, 0.1) is 5.92 Å². The molecule has 1 aliphatic rings. The van der Waals surface area contributed by atoms with E-state index in [9.17, 15) is 33.6 Å². The molecule has 4 atom stereocenters. The molecular formula is C27H45N5O9S. The van der Waals surface area contributed by atoms with Gasteiger partial charge < -0.3 is 35.5 Å². The molecule has 0 spiro atoms. The number of carbonyl (C=O) groups is 7. The quantitative estimate of drug-likeness (QED) is 0.0853. The van der Waals surface area contributed by atoms with E-state index in [1.807, 2.05) is 13.8 Å². The second-order valence-electron chi connectivity index (χ2n) is 10.5. The zero-order chi connectivity index (χ0) is 32.0. The van der Waals surface area contributed by atoms with E-state index in [0.717, 1.165) is 16.7 Å². The van der Waals surface area contributed by atoms with Gasteiger partial charge in [0.25, 0.3) is 5.91 Å². The summed E-state index contributed by atoms with van der Waals surface area (Å²) < 4.78 is 10.8. The normalized spacial score (nSPS) is 17.3. The number of nitrogens with two attached hydrogens (primary N) is 1. The summed E-state index contributed by atoms with van der Waals surface area (Å²) in [6, 6.07) is -0.840. The van der Waals surface area contributed by atoms with Gasteiger partial charge in [-0.3, -0.25) is 33.7 Å². The molecule has 0 saturated carbocycles. The lowest BCUT2D eigenvalue weighted by molar-refractivity contribution is -0.140. The Labute approximate surface area is 251 Å². The number of hydrogen-bond acceptors (Lipinski definition) is 11. The number of aldehydes is 1. The number of Topliss-reactive ketones (excluding diaryl/α,β-unsaturated/α-hetero) is 1. The second-order valence-corrected chi connectivity index (χ2v) is 11.8. The Morgan fingerprint density at radius 1 is 1.10 bits per heavy atom. The fourth-order valence-corrected chi connectivity index (χ4v) is 4.80. The summed E-state index contributed by atoms with van der Waals surface area (Å²) in [5, 5.41) is 4.39. The van der Waals surface area contributed by atoms with E-state index < -0.39 is 41.2 Å². The predicted molar refractivity (Wildman–Crippen MR) is 155 cm³/mol. The van der Waals surface area contributed by atoms with Gasteiger partial charge in [-0.1, -0.05) is 13.8 Å². The molecule has 1 fully saturated rings. The summed E-state index contributed by atoms with van der Waals surface area (Å²) in [6.45, 7) is 7.16. The van der Waals surface area contributed by atoms with E-state index >= 15 is 0 Å². The molecule has 0 aromatic heterocycles. The third-order valence-electron chi connectivity index (χ3n) is 6.59. The maximum atomic E-state index is 12.9. The van der Waals surface area contributed by atoms with Gasteiger partial charge in [0, 0.05) is 51.3 Å². The first-order chi connectivity index (χ1) is 19.7. The average Bonchev–Trinajstić information content (AvgIpc) is 3.19. The van der Waals surface area contributed by atoms with E-state index in [1.165, 1.54) is 11.9 Å². The molecule has 1 aliphatic heterocycles. The van der Waals surface area contributed by atoms with Crippen LogP contribution in [0.25, 0.3) is 0 Å². The number of nitrogens with one attached hydrogen (secondary N) is 2. The van der Waals surface area contributed by atoms with E-state index in [4.69, 9.17) is 15.2 Å². The number of ketones is 1. The minimum Gasteiger partial charge on any atom is -0.368 e. The number of amides is 5. The zero-order valence-corrected chi connectivity index (χ0v) is 26.1. The lowest BCUT2D eigenvalue weighted by Crippen LogP contribution is -2.42. The van der Waals surface area contributed by atoms with Gasteiger partial charge in [0.2, 0.25) is 23.6 Å². The third kappa shape index (κ3) is 12.5. The van der Waals surface area contributed by atoms with Gasteiger partial charge >= 0.3 is 0 Å². The highest BCUT2D eigenvalue weighted by molar-refractivity contribution is 8.00. The molecule has 0 aromatic rings. The number of thioether (sulfide) groups is 1. The van der Waals surface area contributed by atoms with Crippen LogP contribution in [0.1, 0.15) is 47.0 Å². The Morgan fingerprint density at radius 2 is 1.74 bits per heavy atom. The molecular weight excluding hydrogens is 570 g/mol. The van der Waals surface area contributed by atoms with Crippen LogP contribution < -0.4 is 16.4 Å². The summed E-state index contributed by atoms with van der Waals surface area (Å²) >= 11 is 1.07. The van der Waals surface area contributed by atoms with E-state index in [0.29, 0.717) is 6.29 Å². The number of nitrogens with zero attached hydrogens (tertiary/aromatic N) is 2. The lowest BCUT2D eigenvalue weighted by atomic mass is 10.0. The molecule has 5 amide bonds. The molecule has 0 aromatic carbocycles. The molecule has 0 aliphatic carbocycles. The minimum atomic E-state index is -0.954. The Hall–Kier alpha value is -2.88. The largest absolute Gasteiger partial charge is 0.368 e. The van der Waals surface area contributed by atoms with Crippen molar-refractivity contribution in [3.63, 3.8) is 0 Å². The van der Waals surface area contributed by atoms with Gasteiger partial charge in [0.15, 0.2) is 5.78 Å². The van der Waals surface area contributed by atoms with Crippen molar-refractivity contribution >= 4 is 53.4 Å². The Bertz CT molecular complexity index is 978. The van der Waals surface area contributed by atoms with Crippen molar-refractivity contribution in [1.29, 1.82) is 0 Å². The average molecular weight is 616 g/mol. The summed E-state index contributed by atoms with van der Waals surface area (Å²) in [7, 11) is 3.01. The molecule has 238 valence electrons. The Morgan fingerprint density at radius 3 is 2.29 bits per heavy atom. The number of imide groups is 1. The van der Waals surface area contributed by atoms with Crippen molar-refractivity contribution in [1.82, 2.24) is 20.4 Å². The summed E-state index contributed by atoms with van der Waals surface area (Å²) in [4.78, 5) is 87.3. The van der Waals surface area contributed by atoms with Gasteiger partial charge in [0.1, 0.15) is 18.5 Å². The lowest BCUT2D eigenvalue weighted by Gasteiger charge is -2.23. The standard InChI is InChI=1S/C27H45N5O9S/c1-16(2)25(37)19(28)15-42-21(26(38)30-8-10-41-20-12-24(36)32(6)27(20)39)13-22(34)29-7-9-40-18(14-33)11-23(35)31(5)17(3)4/h14,16-21H,7-13,15,28H2,1-6H3,(H,29,34)(H,30,38). The number of ether oxygens (including phenoxy) is 2. The molecule has 14 nitrogen and oxygen atoms in total. The van der Waals surface area contributed by atoms with Crippen molar-refractivity contribution in [2.45, 2.75) is 76.5 Å². The van der Waals surface area contributed by atoms with Crippen LogP contribution in [0.3, 0.4) is 0 Å². The first-order valence-electron chi connectivity index (χ1n) is 13.9. The van der Waals surface area contributed by atoms with Crippen molar-refractivity contribution in [3.8, 4) is 0 Å². The number of likely N-dealkylation sites (N-methyl/N-ethyl adjacent to an activating group) is 1. The molecule has 15 heteroatoms. The molecule has 42 heavy (non-hydrogen) atoms. The van der Waals surface area contributed by atoms with Crippen molar-refractivity contribution in [2.24, 2.45) is 11.7 Å². The molecule has 4 N–H and O–H groups in total. The molecule has 0 radical (unpaired) electrons. The van der Waals surface area contributed by atoms with E-state index in [-0.39, 0.29) is 80.9 Å². The first kappa shape index (κ1) is 37.1. The van der Waals surface area contributed by atoms with Crippen molar-refractivity contribution in [2.75, 3.05) is 46.2 Å². The summed E-state index contributed by atoms with van der Waals surface area (Å²) in [5.74, 6) is -2.32. The van der Waals surface area contributed by atoms with Crippen LogP contribution in [-0.2, 0) is 43.0 Å². The second kappa shape index (κ2) is 18.6. The van der Waals surface area contributed by atoms with Crippen LogP contribution in [-0.4, -0.2) is 127 Å². The van der Waals surface area contributed by atoms with Crippen LogP contribution in [0.15, 0.2) is 0 Å². The van der Waals surface area contributed by atoms with Gasteiger partial charge in [-0.15, -0.1) is 11.8 Å². The van der Waals surface area contributed by atoms with E-state index in [2.05, 4.69) is 10.6 Å². The van der Waals surface area contributed by atoms with Gasteiger partial charge in [-0.25, -0.2) is 0 Å². The smallest absolute Gasteiger partial charge is 0.258 e. The number of carbonyl (C=O) groups excluding carboxylic acids is 7. The first-order valence-corrected chi connectivity index (χ1v) is 14.9. The van der Waals surface area contributed by atoms with E-state index in [1.54, 1.807) is 20.9 Å². The highest BCUT2D eigenvalue weighted by atomic mass is 32.2. The Balaban J connectivity index is 2.61. The van der Waals surface area contributed by atoms with Crippen LogP contribution >= 0.6 is 11.8 Å². The molecule has 4 unspecified atom stereocenters. The molecule has 1 heterocycles. The fraction of sp³-hybridized carbons (Fsp3) is 0.741. The maximum absolute atomic E-state index is 12.9. The van der Waals surface area contributed by atoms with Crippen molar-refractivity contribution in [3.05, 3.63) is 0 Å². The fourth-order valence-electron chi connectivity index (χ4n) is 3.69. The highest BCUT2D eigenvalue weighted by Crippen LogP contribution is 2.18. The van der Waals surface area contributed by atoms with Crippen LogP contribution in [0.4, 0.5) is 0 Å². The number of likely N-dealkylation sites (tertiary alicyclic amines) is 1. The van der Waals surface area contributed by atoms with Gasteiger partial charge in [0.05, 0.1) is 37.3 Å². The maximum Gasteiger partial charge on any atom is 0.258 e. The summed E-state index contributed by atoms with van der Waals surface area (Å²) in [6.07, 6.45) is -1.72. The van der Waals surface area contributed by atoms with Crippen LogP contribution in [0.5, 0.6) is 0 Å². The molecule has 1 saturated heterocycles. The minimum absolute atomic E-state index is 0.0249. The zero-order valence-electron chi connectivity index (χ0n) is 25.3. The van der Waals surface area contributed by atoms with Gasteiger partial charge in [-0.05, 0) is 13.8 Å². The number of hydrogen-bond donors (Lipinski definition) is 3. The van der Waals surface area contributed by atoms with Crippen molar-refractivity contribution < 1.29 is 43.0 Å². The predicted octanol–water partition coefficient (Wildman–Crippen LogP) is -1.12. The molecule has 0 bridgehead atoms. The third-order valence-corrected chi connectivity index (χ3v) is 7.92. The molecule has 1 rings (SSSR count). The topological polar surface area (TPSA) is 195 Å². The monoisotopic (exact) mass is 615 g/mol. The summed E-state index contributed by atoms with van der Waals surface area (Å²) in [5.41, 5.74) is 5.98. The Kier molecular flexibility index (Phi) is 16.5. The SMILES string of the molecule is CC(C)C(=O)C(N)CSC(CC(=O)NCCOC(C=O)CC(=O)N(C)C(C)C)C(=O)NCCOC1CC(=O)N(C)C1=O. The van der Waals surface area contributed by atoms with Gasteiger partial charge in [-0.2, -0.15) is 0 Å². The van der Waals surface area contributed by atoms with Crippen LogP contribution in [0.2, 0.25) is 0 Å².